The lowest BCUT2D eigenvalue weighted by Gasteiger charge is -2.25. The van der Waals surface area contributed by atoms with Gasteiger partial charge in [0, 0.05) is 0 Å². The molecule has 7 nitrogen and oxygen atoms in total. The molecule has 3 rings (SSSR count). The van der Waals surface area contributed by atoms with Crippen molar-refractivity contribution in [1.82, 2.24) is 5.32 Å². The van der Waals surface area contributed by atoms with E-state index in [-0.39, 0.29) is 24.1 Å². The molecule has 0 aliphatic rings. The van der Waals surface area contributed by atoms with Gasteiger partial charge in [0.2, 0.25) is 5.91 Å². The number of sulfonamides is 1. The number of nitrogens with zero attached hydrogens (tertiary/aromatic N) is 1. The highest BCUT2D eigenvalue weighted by Crippen LogP contribution is 2.25. The fourth-order valence-electron chi connectivity index (χ4n) is 3.32. The van der Waals surface area contributed by atoms with Crippen molar-refractivity contribution in [2.75, 3.05) is 24.6 Å². The number of amides is 1. The second-order valence-corrected chi connectivity index (χ2v) is 9.98. The molecule has 3 aromatic carbocycles. The Kier molecular flexibility index (Phi) is 8.17. The summed E-state index contributed by atoms with van der Waals surface area (Å²) in [5.41, 5.74) is 2.27. The number of benzene rings is 3. The van der Waals surface area contributed by atoms with Crippen molar-refractivity contribution in [2.45, 2.75) is 31.7 Å². The summed E-state index contributed by atoms with van der Waals surface area (Å²) in [4.78, 5) is 13.0. The number of hydrogen-bond acceptors (Lipinski definition) is 5. The van der Waals surface area contributed by atoms with E-state index in [1.807, 2.05) is 19.9 Å². The first-order valence-electron chi connectivity index (χ1n) is 10.9. The Hall–Kier alpha value is -3.52. The van der Waals surface area contributed by atoms with Gasteiger partial charge in [-0.1, -0.05) is 29.8 Å². The minimum atomic E-state index is -3.95. The largest absolute Gasteiger partial charge is 0.497 e. The van der Waals surface area contributed by atoms with Gasteiger partial charge >= 0.3 is 0 Å². The molecule has 0 spiro atoms. The van der Waals surface area contributed by atoms with Crippen LogP contribution < -0.4 is 19.1 Å². The van der Waals surface area contributed by atoms with Crippen LogP contribution in [0, 0.1) is 13.8 Å². The van der Waals surface area contributed by atoms with E-state index >= 15 is 0 Å². The quantitative estimate of drug-likeness (QED) is 0.471. The third-order valence-corrected chi connectivity index (χ3v) is 6.94. The molecule has 0 saturated carbocycles. The minimum Gasteiger partial charge on any atom is -0.497 e. The van der Waals surface area contributed by atoms with E-state index in [2.05, 4.69) is 5.32 Å². The third kappa shape index (κ3) is 6.51. The van der Waals surface area contributed by atoms with Crippen LogP contribution in [0.5, 0.6) is 11.5 Å². The Morgan fingerprint density at radius 3 is 2.21 bits per heavy atom. The molecule has 0 aliphatic carbocycles. The number of ether oxygens (including phenoxy) is 2. The van der Waals surface area contributed by atoms with Gasteiger partial charge in [0.05, 0.1) is 23.7 Å². The predicted octanol–water partition coefficient (Wildman–Crippen LogP) is 4.09. The molecule has 0 bridgehead atoms. The van der Waals surface area contributed by atoms with E-state index in [0.29, 0.717) is 11.4 Å². The van der Waals surface area contributed by atoms with Crippen LogP contribution in [0.25, 0.3) is 0 Å². The van der Waals surface area contributed by atoms with Gasteiger partial charge in [0.1, 0.15) is 24.7 Å². The molecule has 1 amide bonds. The van der Waals surface area contributed by atoms with Crippen molar-refractivity contribution in [3.63, 3.8) is 0 Å². The molecule has 3 aromatic rings. The molecule has 0 fully saturated rings. The lowest BCUT2D eigenvalue weighted by molar-refractivity contribution is -0.120. The number of methoxy groups -OCH3 is 1. The standard InChI is InChI=1S/C26H30N2O5S/c1-19-8-14-25(15-9-19)34(30,31)28(22-7-5-6-20(2)16-22)17-26(29)27-21(3)18-33-24-12-10-23(32-4)11-13-24/h5-16,21H,17-18H2,1-4H3,(H,27,29). The van der Waals surface area contributed by atoms with Crippen LogP contribution in [0.3, 0.4) is 0 Å². The van der Waals surface area contributed by atoms with E-state index < -0.39 is 15.9 Å². The van der Waals surface area contributed by atoms with Gasteiger partial charge in [-0.05, 0) is 74.9 Å². The average molecular weight is 483 g/mol. The predicted molar refractivity (Wildman–Crippen MR) is 133 cm³/mol. The number of hydrogen-bond donors (Lipinski definition) is 1. The summed E-state index contributed by atoms with van der Waals surface area (Å²) in [6.07, 6.45) is 0. The molecule has 0 radical (unpaired) electrons. The summed E-state index contributed by atoms with van der Waals surface area (Å²) < 4.78 is 38.9. The Morgan fingerprint density at radius 1 is 0.941 bits per heavy atom. The molecule has 180 valence electrons. The van der Waals surface area contributed by atoms with E-state index in [1.54, 1.807) is 80.8 Å². The zero-order chi connectivity index (χ0) is 24.7. The number of nitrogens with one attached hydrogen (secondary N) is 1. The molecule has 0 aromatic heterocycles. The van der Waals surface area contributed by atoms with Crippen LogP contribution in [0.15, 0.2) is 77.7 Å². The highest BCUT2D eigenvalue weighted by atomic mass is 32.2. The lowest BCUT2D eigenvalue weighted by atomic mass is 10.2. The van der Waals surface area contributed by atoms with E-state index in [0.717, 1.165) is 21.2 Å². The highest BCUT2D eigenvalue weighted by molar-refractivity contribution is 7.92. The first-order valence-corrected chi connectivity index (χ1v) is 12.4. The van der Waals surface area contributed by atoms with Crippen molar-refractivity contribution in [2.24, 2.45) is 0 Å². The van der Waals surface area contributed by atoms with Gasteiger partial charge in [-0.15, -0.1) is 0 Å². The Labute approximate surface area is 201 Å². The van der Waals surface area contributed by atoms with Gasteiger partial charge in [0.25, 0.3) is 10.0 Å². The van der Waals surface area contributed by atoms with Crippen LogP contribution in [0.4, 0.5) is 5.69 Å². The van der Waals surface area contributed by atoms with Gasteiger partial charge in [-0.25, -0.2) is 8.42 Å². The van der Waals surface area contributed by atoms with Crippen molar-refractivity contribution >= 4 is 21.6 Å². The topological polar surface area (TPSA) is 84.9 Å². The molecule has 1 unspecified atom stereocenters. The van der Waals surface area contributed by atoms with Crippen LogP contribution >= 0.6 is 0 Å². The number of carbonyl (C=O) groups excluding carboxylic acids is 1. The number of anilines is 1. The molecule has 8 heteroatoms. The first kappa shape index (κ1) is 25.1. The van der Waals surface area contributed by atoms with Crippen LogP contribution in [0.1, 0.15) is 18.1 Å². The second-order valence-electron chi connectivity index (χ2n) is 8.12. The van der Waals surface area contributed by atoms with Crippen LogP contribution in [0.2, 0.25) is 0 Å². The monoisotopic (exact) mass is 482 g/mol. The van der Waals surface area contributed by atoms with Crippen molar-refractivity contribution in [3.8, 4) is 11.5 Å². The maximum Gasteiger partial charge on any atom is 0.264 e. The Morgan fingerprint density at radius 2 is 1.59 bits per heavy atom. The van der Waals surface area contributed by atoms with Gasteiger partial charge in [-0.2, -0.15) is 0 Å². The summed E-state index contributed by atoms with van der Waals surface area (Å²) in [5, 5.41) is 2.83. The third-order valence-electron chi connectivity index (χ3n) is 5.15. The number of aryl methyl sites for hydroxylation is 2. The number of carbonyl (C=O) groups is 1. The van der Waals surface area contributed by atoms with Crippen molar-refractivity contribution in [1.29, 1.82) is 0 Å². The van der Waals surface area contributed by atoms with Crippen molar-refractivity contribution in [3.05, 3.63) is 83.9 Å². The second kappa shape index (κ2) is 11.1. The molecular weight excluding hydrogens is 452 g/mol. The van der Waals surface area contributed by atoms with Crippen molar-refractivity contribution < 1.29 is 22.7 Å². The van der Waals surface area contributed by atoms with Gasteiger partial charge in [0.15, 0.2) is 0 Å². The normalized spacial score (nSPS) is 12.0. The van der Waals surface area contributed by atoms with Crippen LogP contribution in [-0.4, -0.2) is 40.6 Å². The molecule has 34 heavy (non-hydrogen) atoms. The smallest absolute Gasteiger partial charge is 0.264 e. The summed E-state index contributed by atoms with van der Waals surface area (Å²) >= 11 is 0. The first-order chi connectivity index (χ1) is 16.2. The molecule has 1 N–H and O–H groups in total. The highest BCUT2D eigenvalue weighted by Gasteiger charge is 2.27. The van der Waals surface area contributed by atoms with Gasteiger partial charge in [-0.3, -0.25) is 9.10 Å². The number of rotatable bonds is 10. The average Bonchev–Trinajstić information content (AvgIpc) is 2.81. The fraction of sp³-hybridized carbons (Fsp3) is 0.269. The van der Waals surface area contributed by atoms with E-state index in [9.17, 15) is 13.2 Å². The van der Waals surface area contributed by atoms with E-state index in [1.165, 1.54) is 0 Å². The minimum absolute atomic E-state index is 0.128. The maximum absolute atomic E-state index is 13.5. The summed E-state index contributed by atoms with van der Waals surface area (Å²) in [7, 11) is -2.36. The Balaban J connectivity index is 1.72. The van der Waals surface area contributed by atoms with Gasteiger partial charge < -0.3 is 14.8 Å². The zero-order valence-electron chi connectivity index (χ0n) is 19.8. The SMILES string of the molecule is COc1ccc(OCC(C)NC(=O)CN(c2cccc(C)c2)S(=O)(=O)c2ccc(C)cc2)cc1. The lowest BCUT2D eigenvalue weighted by Crippen LogP contribution is -2.45. The molecule has 0 heterocycles. The molecular formula is C26H30N2O5S. The fourth-order valence-corrected chi connectivity index (χ4v) is 4.73. The summed E-state index contributed by atoms with van der Waals surface area (Å²) in [6.45, 7) is 5.43. The zero-order valence-corrected chi connectivity index (χ0v) is 20.6. The summed E-state index contributed by atoms with van der Waals surface area (Å²) in [5.74, 6) is 0.938. The van der Waals surface area contributed by atoms with E-state index in [4.69, 9.17) is 9.47 Å². The maximum atomic E-state index is 13.5. The Bertz CT molecular complexity index is 1210. The van der Waals surface area contributed by atoms with Crippen LogP contribution in [-0.2, 0) is 14.8 Å². The molecule has 0 saturated heterocycles. The molecule has 1 atom stereocenters. The summed E-state index contributed by atoms with van der Waals surface area (Å²) in [6, 6.07) is 20.4. The molecule has 0 aliphatic heterocycles.